The number of hydrogen-bond acceptors (Lipinski definition) is 2. The molecule has 0 aliphatic heterocycles. The second-order valence-electron chi connectivity index (χ2n) is 9.37. The Hall–Kier alpha value is -2.94. The van der Waals surface area contributed by atoms with Gasteiger partial charge in [-0.05, 0) is 30.4 Å². The summed E-state index contributed by atoms with van der Waals surface area (Å²) < 4.78 is 2.07. The summed E-state index contributed by atoms with van der Waals surface area (Å²) in [6.45, 7) is 9.27. The smallest absolute Gasteiger partial charge is 0.117 e. The fourth-order valence-electron chi connectivity index (χ4n) is 5.23. The minimum atomic E-state index is 0.0876. The van der Waals surface area contributed by atoms with Crippen LogP contribution in [0.5, 0.6) is 0 Å². The predicted molar refractivity (Wildman–Crippen MR) is 118 cm³/mol. The first-order valence-corrected chi connectivity index (χ1v) is 10.4. The fraction of sp³-hybridized carbons (Fsp3) is 0.308. The van der Waals surface area contributed by atoms with Gasteiger partial charge in [0.25, 0.3) is 0 Å². The van der Waals surface area contributed by atoms with E-state index in [0.717, 1.165) is 16.9 Å². The minimum absolute atomic E-state index is 0.0876. The number of benzene rings is 2. The number of hydrogen-bond donors (Lipinski definition) is 0. The summed E-state index contributed by atoms with van der Waals surface area (Å²) in [4.78, 5) is 0. The average Bonchev–Trinajstić information content (AvgIpc) is 3.19. The molecule has 1 saturated carbocycles. The normalized spacial score (nSPS) is 25.4. The zero-order valence-electron chi connectivity index (χ0n) is 17.5. The zero-order chi connectivity index (χ0) is 20.2. The van der Waals surface area contributed by atoms with Crippen molar-refractivity contribution in [2.24, 2.45) is 16.7 Å². The molecule has 0 radical (unpaired) electrons. The van der Waals surface area contributed by atoms with Crippen molar-refractivity contribution in [1.82, 2.24) is 15.0 Å². The van der Waals surface area contributed by atoms with Gasteiger partial charge in [-0.3, -0.25) is 0 Å². The van der Waals surface area contributed by atoms with Gasteiger partial charge in [-0.1, -0.05) is 98.3 Å². The van der Waals surface area contributed by atoms with E-state index in [1.54, 1.807) is 0 Å². The molecule has 0 bridgehead atoms. The monoisotopic (exact) mass is 381 g/mol. The van der Waals surface area contributed by atoms with Gasteiger partial charge in [-0.2, -0.15) is 0 Å². The summed E-state index contributed by atoms with van der Waals surface area (Å²) in [6.07, 6.45) is 7.20. The largest absolute Gasteiger partial charge is 0.217 e. The third kappa shape index (κ3) is 2.64. The van der Waals surface area contributed by atoms with E-state index in [0.29, 0.717) is 11.8 Å². The molecular weight excluding hydrogens is 354 g/mol. The number of nitrogens with zero attached hydrogens (tertiary/aromatic N) is 3. The molecule has 2 aliphatic rings. The minimum Gasteiger partial charge on any atom is -0.217 e. The third-order valence-electron chi connectivity index (χ3n) is 6.73. The molecule has 1 aromatic heterocycles. The maximum atomic E-state index is 4.68. The highest BCUT2D eigenvalue weighted by molar-refractivity contribution is 5.66. The van der Waals surface area contributed by atoms with Gasteiger partial charge in [0.2, 0.25) is 0 Å². The van der Waals surface area contributed by atoms with Crippen molar-refractivity contribution in [2.75, 3.05) is 0 Å². The molecule has 0 unspecified atom stereocenters. The lowest BCUT2D eigenvalue weighted by Gasteiger charge is -2.32. The number of allylic oxidation sites excluding steroid dienone is 4. The van der Waals surface area contributed by atoms with Gasteiger partial charge >= 0.3 is 0 Å². The van der Waals surface area contributed by atoms with Crippen LogP contribution >= 0.6 is 0 Å². The van der Waals surface area contributed by atoms with Crippen LogP contribution in [0, 0.1) is 16.7 Å². The highest BCUT2D eigenvalue weighted by Gasteiger charge is 2.69. The van der Waals surface area contributed by atoms with Gasteiger partial charge in [0.1, 0.15) is 5.69 Å². The molecule has 1 fully saturated rings. The van der Waals surface area contributed by atoms with Gasteiger partial charge in [0.15, 0.2) is 0 Å². The third-order valence-corrected chi connectivity index (χ3v) is 6.73. The van der Waals surface area contributed by atoms with E-state index in [1.165, 1.54) is 11.3 Å². The van der Waals surface area contributed by atoms with Crippen LogP contribution in [-0.2, 0) is 0 Å². The summed E-state index contributed by atoms with van der Waals surface area (Å²) in [5, 5.41) is 9.32. The van der Waals surface area contributed by atoms with Gasteiger partial charge in [0, 0.05) is 16.9 Å². The SMILES string of the molecule is CC1=C[C@H]2[C@H](c3c(-c4ccccc4)nnn3-c3ccccc3)[C@@]2(C(C)(C)C)C=C1. The number of fused-ring (bicyclic) bond motifs is 1. The van der Waals surface area contributed by atoms with E-state index in [-0.39, 0.29) is 10.8 Å². The van der Waals surface area contributed by atoms with Crippen LogP contribution in [0.4, 0.5) is 0 Å². The highest BCUT2D eigenvalue weighted by Crippen LogP contribution is 2.75. The summed E-state index contributed by atoms with van der Waals surface area (Å²) in [7, 11) is 0. The van der Waals surface area contributed by atoms with Crippen molar-refractivity contribution in [3.63, 3.8) is 0 Å². The van der Waals surface area contributed by atoms with E-state index < -0.39 is 0 Å². The van der Waals surface area contributed by atoms with Crippen molar-refractivity contribution in [3.05, 3.63) is 90.2 Å². The Labute approximate surface area is 172 Å². The van der Waals surface area contributed by atoms with Crippen molar-refractivity contribution in [2.45, 2.75) is 33.6 Å². The molecule has 3 nitrogen and oxygen atoms in total. The lowest BCUT2D eigenvalue weighted by molar-refractivity contribution is 0.248. The summed E-state index contributed by atoms with van der Waals surface area (Å²) in [5.74, 6) is 0.817. The maximum absolute atomic E-state index is 4.68. The van der Waals surface area contributed by atoms with Crippen LogP contribution in [0.3, 0.4) is 0 Å². The first-order valence-electron chi connectivity index (χ1n) is 10.4. The van der Waals surface area contributed by atoms with Crippen LogP contribution in [0.2, 0.25) is 0 Å². The Morgan fingerprint density at radius 2 is 1.59 bits per heavy atom. The molecule has 0 spiro atoms. The molecule has 0 amide bonds. The molecule has 3 heteroatoms. The van der Waals surface area contributed by atoms with Crippen LogP contribution in [0.1, 0.15) is 39.3 Å². The molecule has 3 atom stereocenters. The molecule has 2 aromatic carbocycles. The van der Waals surface area contributed by atoms with E-state index in [1.807, 2.05) is 12.1 Å². The Bertz CT molecular complexity index is 1040. The van der Waals surface area contributed by atoms with Crippen LogP contribution in [0.25, 0.3) is 16.9 Å². The van der Waals surface area contributed by atoms with Crippen LogP contribution in [-0.4, -0.2) is 15.0 Å². The molecule has 5 rings (SSSR count). The average molecular weight is 382 g/mol. The second kappa shape index (κ2) is 6.28. The van der Waals surface area contributed by atoms with E-state index >= 15 is 0 Å². The molecular formula is C26H27N3. The molecule has 0 N–H and O–H groups in total. The first-order chi connectivity index (χ1) is 13.9. The van der Waals surface area contributed by atoms with Crippen LogP contribution < -0.4 is 0 Å². The number of aromatic nitrogens is 3. The maximum Gasteiger partial charge on any atom is 0.117 e. The Balaban J connectivity index is 1.74. The van der Waals surface area contributed by atoms with Gasteiger partial charge < -0.3 is 0 Å². The Morgan fingerprint density at radius 1 is 0.931 bits per heavy atom. The number of para-hydroxylation sites is 1. The standard InChI is InChI=1S/C26H27N3/c1-18-15-16-26(25(2,3)4)21(17-18)22(26)24-23(19-11-7-5-8-12-19)27-28-29(24)20-13-9-6-10-14-20/h5-17,21-22H,1-4H3/t21-,22+,26+/m0/s1. The van der Waals surface area contributed by atoms with Crippen molar-refractivity contribution in [1.29, 1.82) is 0 Å². The molecule has 3 aromatic rings. The molecule has 29 heavy (non-hydrogen) atoms. The highest BCUT2D eigenvalue weighted by atomic mass is 15.4. The fourth-order valence-corrected chi connectivity index (χ4v) is 5.23. The topological polar surface area (TPSA) is 30.7 Å². The van der Waals surface area contributed by atoms with Gasteiger partial charge in [-0.15, -0.1) is 5.10 Å². The molecule has 1 heterocycles. The summed E-state index contributed by atoms with van der Waals surface area (Å²) >= 11 is 0. The summed E-state index contributed by atoms with van der Waals surface area (Å²) in [5.41, 5.74) is 5.98. The van der Waals surface area contributed by atoms with Crippen molar-refractivity contribution < 1.29 is 0 Å². The lowest BCUT2D eigenvalue weighted by Crippen LogP contribution is -2.24. The molecule has 2 aliphatic carbocycles. The predicted octanol–water partition coefficient (Wildman–Crippen LogP) is 6.20. The summed E-state index contributed by atoms with van der Waals surface area (Å²) in [6, 6.07) is 20.9. The lowest BCUT2D eigenvalue weighted by atomic mass is 9.72. The van der Waals surface area contributed by atoms with Crippen molar-refractivity contribution in [3.8, 4) is 16.9 Å². The van der Waals surface area contributed by atoms with E-state index in [4.69, 9.17) is 0 Å². The number of rotatable bonds is 3. The Morgan fingerprint density at radius 3 is 2.24 bits per heavy atom. The first kappa shape index (κ1) is 18.1. The van der Waals surface area contributed by atoms with Gasteiger partial charge in [0.05, 0.1) is 11.4 Å². The van der Waals surface area contributed by atoms with E-state index in [9.17, 15) is 0 Å². The quantitative estimate of drug-likeness (QED) is 0.541. The van der Waals surface area contributed by atoms with Crippen molar-refractivity contribution >= 4 is 0 Å². The molecule has 146 valence electrons. The van der Waals surface area contributed by atoms with Gasteiger partial charge in [-0.25, -0.2) is 4.68 Å². The molecule has 0 saturated heterocycles. The van der Waals surface area contributed by atoms with E-state index in [2.05, 4.69) is 109 Å². The second-order valence-corrected chi connectivity index (χ2v) is 9.37. The Kier molecular flexibility index (Phi) is 3.92. The van der Waals surface area contributed by atoms with Crippen LogP contribution in [0.15, 0.2) is 84.5 Å². The zero-order valence-corrected chi connectivity index (χ0v) is 17.5.